The van der Waals surface area contributed by atoms with Gasteiger partial charge in [0.25, 0.3) is 0 Å². The van der Waals surface area contributed by atoms with E-state index < -0.39 is 0 Å². The SMILES string of the molecule is CNC(=O)C1CCCN1c1ccnc(CN)c1. The molecule has 1 aliphatic heterocycles. The molecule has 5 nitrogen and oxygen atoms in total. The van der Waals surface area contributed by atoms with Crippen molar-refractivity contribution in [3.8, 4) is 0 Å². The Morgan fingerprint density at radius 1 is 1.71 bits per heavy atom. The highest BCUT2D eigenvalue weighted by Gasteiger charge is 2.30. The molecule has 0 radical (unpaired) electrons. The van der Waals surface area contributed by atoms with Crippen LogP contribution in [0.5, 0.6) is 0 Å². The summed E-state index contributed by atoms with van der Waals surface area (Å²) in [5.41, 5.74) is 7.46. The van der Waals surface area contributed by atoms with E-state index >= 15 is 0 Å². The van der Waals surface area contributed by atoms with Gasteiger partial charge in [-0.25, -0.2) is 0 Å². The number of likely N-dealkylation sites (N-methyl/N-ethyl adjacent to an activating group) is 1. The van der Waals surface area contributed by atoms with Crippen molar-refractivity contribution in [3.05, 3.63) is 24.0 Å². The van der Waals surface area contributed by atoms with Crippen molar-refractivity contribution < 1.29 is 4.79 Å². The Balaban J connectivity index is 2.22. The van der Waals surface area contributed by atoms with Gasteiger partial charge in [0.2, 0.25) is 5.91 Å². The minimum absolute atomic E-state index is 0.0620. The molecule has 1 saturated heterocycles. The molecule has 1 aromatic heterocycles. The summed E-state index contributed by atoms with van der Waals surface area (Å²) >= 11 is 0. The zero-order valence-corrected chi connectivity index (χ0v) is 10.0. The second-order valence-corrected chi connectivity index (χ2v) is 4.18. The summed E-state index contributed by atoms with van der Waals surface area (Å²) < 4.78 is 0. The van der Waals surface area contributed by atoms with E-state index in [0.29, 0.717) is 6.54 Å². The molecule has 1 atom stereocenters. The number of carbonyl (C=O) groups excluding carboxylic acids is 1. The maximum Gasteiger partial charge on any atom is 0.242 e. The first-order valence-corrected chi connectivity index (χ1v) is 5.89. The summed E-state index contributed by atoms with van der Waals surface area (Å²) in [6.45, 7) is 1.33. The van der Waals surface area contributed by atoms with Gasteiger partial charge in [-0.15, -0.1) is 0 Å². The number of hydrogen-bond acceptors (Lipinski definition) is 4. The number of rotatable bonds is 3. The Morgan fingerprint density at radius 3 is 3.24 bits per heavy atom. The first-order valence-electron chi connectivity index (χ1n) is 5.89. The largest absolute Gasteiger partial charge is 0.359 e. The smallest absolute Gasteiger partial charge is 0.242 e. The van der Waals surface area contributed by atoms with Crippen LogP contribution in [0.4, 0.5) is 5.69 Å². The number of nitrogens with one attached hydrogen (secondary N) is 1. The van der Waals surface area contributed by atoms with Crippen molar-refractivity contribution in [2.24, 2.45) is 5.73 Å². The third-order valence-electron chi connectivity index (χ3n) is 3.14. The van der Waals surface area contributed by atoms with Crippen LogP contribution in [0.1, 0.15) is 18.5 Å². The van der Waals surface area contributed by atoms with E-state index in [1.807, 2.05) is 12.1 Å². The molecule has 0 bridgehead atoms. The lowest BCUT2D eigenvalue weighted by atomic mass is 10.2. The summed E-state index contributed by atoms with van der Waals surface area (Å²) in [5.74, 6) is 0.0774. The van der Waals surface area contributed by atoms with Crippen molar-refractivity contribution in [2.75, 3.05) is 18.5 Å². The number of anilines is 1. The Kier molecular flexibility index (Phi) is 3.58. The van der Waals surface area contributed by atoms with Crippen molar-refractivity contribution in [1.29, 1.82) is 0 Å². The molecule has 17 heavy (non-hydrogen) atoms. The number of pyridine rings is 1. The average Bonchev–Trinajstić information content (AvgIpc) is 2.87. The van der Waals surface area contributed by atoms with Crippen LogP contribution in [0.25, 0.3) is 0 Å². The van der Waals surface area contributed by atoms with Gasteiger partial charge in [-0.1, -0.05) is 0 Å². The number of nitrogens with zero attached hydrogens (tertiary/aromatic N) is 2. The van der Waals surface area contributed by atoms with Crippen LogP contribution in [-0.4, -0.2) is 30.5 Å². The molecule has 0 saturated carbocycles. The standard InChI is InChI=1S/C12H18N4O/c1-14-12(17)11-3-2-6-16(11)10-4-5-15-9(7-10)8-13/h4-5,7,11H,2-3,6,8,13H2,1H3,(H,14,17). The predicted octanol–water partition coefficient (Wildman–Crippen LogP) is 0.255. The molecule has 2 heterocycles. The summed E-state index contributed by atoms with van der Waals surface area (Å²) in [7, 11) is 1.68. The van der Waals surface area contributed by atoms with Gasteiger partial charge in [0.1, 0.15) is 6.04 Å². The molecule has 1 aromatic rings. The number of aromatic nitrogens is 1. The Bertz CT molecular complexity index is 407. The maximum absolute atomic E-state index is 11.8. The molecule has 92 valence electrons. The van der Waals surface area contributed by atoms with Gasteiger partial charge in [-0.2, -0.15) is 0 Å². The Hall–Kier alpha value is -1.62. The van der Waals surface area contributed by atoms with E-state index in [-0.39, 0.29) is 11.9 Å². The van der Waals surface area contributed by atoms with Gasteiger partial charge in [-0.3, -0.25) is 9.78 Å². The lowest BCUT2D eigenvalue weighted by molar-refractivity contribution is -0.121. The van der Waals surface area contributed by atoms with Crippen molar-refractivity contribution in [3.63, 3.8) is 0 Å². The normalized spacial score (nSPS) is 19.4. The van der Waals surface area contributed by atoms with Crippen LogP contribution in [-0.2, 0) is 11.3 Å². The topological polar surface area (TPSA) is 71.2 Å². The van der Waals surface area contributed by atoms with Crippen molar-refractivity contribution >= 4 is 11.6 Å². The third-order valence-corrected chi connectivity index (χ3v) is 3.14. The molecule has 0 aliphatic carbocycles. The van der Waals surface area contributed by atoms with Gasteiger partial charge in [0, 0.05) is 32.0 Å². The second-order valence-electron chi connectivity index (χ2n) is 4.18. The molecular weight excluding hydrogens is 216 g/mol. The first kappa shape index (κ1) is 11.9. The fourth-order valence-electron chi connectivity index (χ4n) is 2.27. The van der Waals surface area contributed by atoms with E-state index in [1.165, 1.54) is 0 Å². The fourth-order valence-corrected chi connectivity index (χ4v) is 2.27. The zero-order valence-electron chi connectivity index (χ0n) is 10.0. The molecule has 2 rings (SSSR count). The third kappa shape index (κ3) is 2.39. The monoisotopic (exact) mass is 234 g/mol. The number of nitrogens with two attached hydrogens (primary N) is 1. The molecule has 1 aliphatic rings. The van der Waals surface area contributed by atoms with Crippen LogP contribution >= 0.6 is 0 Å². The summed E-state index contributed by atoms with van der Waals surface area (Å²) in [5, 5.41) is 2.71. The number of carbonyl (C=O) groups is 1. The highest BCUT2D eigenvalue weighted by atomic mass is 16.2. The molecule has 1 amide bonds. The van der Waals surface area contributed by atoms with Crippen LogP contribution in [0.2, 0.25) is 0 Å². The highest BCUT2D eigenvalue weighted by Crippen LogP contribution is 2.25. The fraction of sp³-hybridized carbons (Fsp3) is 0.500. The average molecular weight is 234 g/mol. The lowest BCUT2D eigenvalue weighted by Crippen LogP contribution is -2.42. The van der Waals surface area contributed by atoms with Crippen LogP contribution < -0.4 is 16.0 Å². The Labute approximate surface area is 101 Å². The lowest BCUT2D eigenvalue weighted by Gasteiger charge is -2.25. The summed E-state index contributed by atoms with van der Waals surface area (Å²) in [6.07, 6.45) is 3.69. The molecule has 3 N–H and O–H groups in total. The van der Waals surface area contributed by atoms with E-state index in [0.717, 1.165) is 30.8 Å². The quantitative estimate of drug-likeness (QED) is 0.786. The molecule has 0 aromatic carbocycles. The van der Waals surface area contributed by atoms with Crippen LogP contribution in [0.15, 0.2) is 18.3 Å². The van der Waals surface area contributed by atoms with E-state index in [9.17, 15) is 4.79 Å². The van der Waals surface area contributed by atoms with Crippen molar-refractivity contribution in [2.45, 2.75) is 25.4 Å². The molecular formula is C12H18N4O. The molecule has 1 unspecified atom stereocenters. The van der Waals surface area contributed by atoms with Crippen molar-refractivity contribution in [1.82, 2.24) is 10.3 Å². The van der Waals surface area contributed by atoms with Gasteiger partial charge in [-0.05, 0) is 25.0 Å². The molecule has 1 fully saturated rings. The molecule has 5 heteroatoms. The second kappa shape index (κ2) is 5.14. The Morgan fingerprint density at radius 2 is 2.53 bits per heavy atom. The zero-order chi connectivity index (χ0) is 12.3. The molecule has 0 spiro atoms. The maximum atomic E-state index is 11.8. The summed E-state index contributed by atoms with van der Waals surface area (Å²) in [4.78, 5) is 18.1. The van der Waals surface area contributed by atoms with E-state index in [4.69, 9.17) is 5.73 Å². The van der Waals surface area contributed by atoms with Gasteiger partial charge < -0.3 is 16.0 Å². The minimum atomic E-state index is -0.0620. The van der Waals surface area contributed by atoms with Crippen LogP contribution in [0, 0.1) is 0 Å². The summed E-state index contributed by atoms with van der Waals surface area (Å²) in [6, 6.07) is 3.83. The minimum Gasteiger partial charge on any atom is -0.359 e. The number of hydrogen-bond donors (Lipinski definition) is 2. The highest BCUT2D eigenvalue weighted by molar-refractivity contribution is 5.85. The van der Waals surface area contributed by atoms with E-state index in [1.54, 1.807) is 13.2 Å². The first-order chi connectivity index (χ1) is 8.26. The predicted molar refractivity (Wildman–Crippen MR) is 66.6 cm³/mol. The number of amides is 1. The van der Waals surface area contributed by atoms with E-state index in [2.05, 4.69) is 15.2 Å². The van der Waals surface area contributed by atoms with Gasteiger partial charge in [0.05, 0.1) is 5.69 Å². The van der Waals surface area contributed by atoms with Gasteiger partial charge >= 0.3 is 0 Å². The van der Waals surface area contributed by atoms with Gasteiger partial charge in [0.15, 0.2) is 0 Å². The van der Waals surface area contributed by atoms with Crippen LogP contribution in [0.3, 0.4) is 0 Å².